The molecule has 1 aliphatic heterocycles. The second kappa shape index (κ2) is 5.91. The lowest BCUT2D eigenvalue weighted by molar-refractivity contribution is 0.452. The quantitative estimate of drug-likeness (QED) is 0.779. The van der Waals surface area contributed by atoms with Gasteiger partial charge in [-0.1, -0.05) is 11.6 Å². The fraction of sp³-hybridized carbons (Fsp3) is 0.294. The van der Waals surface area contributed by atoms with E-state index in [1.54, 1.807) is 29.0 Å². The van der Waals surface area contributed by atoms with E-state index >= 15 is 0 Å². The molecule has 0 aromatic carbocycles. The highest BCUT2D eigenvalue weighted by Gasteiger charge is 2.19. The van der Waals surface area contributed by atoms with E-state index in [4.69, 9.17) is 16.6 Å². The van der Waals surface area contributed by atoms with Crippen molar-refractivity contribution in [1.29, 1.82) is 0 Å². The van der Waals surface area contributed by atoms with Crippen molar-refractivity contribution in [3.8, 4) is 11.3 Å². The second-order valence-electron chi connectivity index (χ2n) is 5.87. The zero-order chi connectivity index (χ0) is 15.8. The van der Waals surface area contributed by atoms with Gasteiger partial charge in [0.2, 0.25) is 0 Å². The van der Waals surface area contributed by atoms with Crippen molar-refractivity contribution in [2.45, 2.75) is 18.8 Å². The summed E-state index contributed by atoms with van der Waals surface area (Å²) in [5.74, 6) is -0.0134. The van der Waals surface area contributed by atoms with Gasteiger partial charge in [0.05, 0.1) is 17.4 Å². The minimum absolute atomic E-state index is 0.253. The molecule has 1 atom stereocenters. The molecule has 0 bridgehead atoms. The monoisotopic (exact) mass is 330 g/mol. The third kappa shape index (κ3) is 2.82. The van der Waals surface area contributed by atoms with Gasteiger partial charge in [0.25, 0.3) is 0 Å². The highest BCUT2D eigenvalue weighted by Crippen LogP contribution is 2.29. The van der Waals surface area contributed by atoms with E-state index in [0.29, 0.717) is 10.7 Å². The Bertz CT molecular complexity index is 855. The number of piperidine rings is 1. The number of fused-ring (bicyclic) bond motifs is 1. The summed E-state index contributed by atoms with van der Waals surface area (Å²) in [5.41, 5.74) is 3.01. The van der Waals surface area contributed by atoms with Gasteiger partial charge < -0.3 is 5.32 Å². The molecule has 0 amide bonds. The number of nitrogens with one attached hydrogen (secondary N) is 1. The first kappa shape index (κ1) is 14.6. The maximum Gasteiger partial charge on any atom is 0.127 e. The van der Waals surface area contributed by atoms with Crippen LogP contribution in [0.4, 0.5) is 4.39 Å². The molecule has 3 aromatic rings. The number of rotatable bonds is 2. The Kier molecular flexibility index (Phi) is 3.75. The number of nitrogens with zero attached hydrogens (tertiary/aromatic N) is 3. The van der Waals surface area contributed by atoms with E-state index < -0.39 is 0 Å². The van der Waals surface area contributed by atoms with Crippen LogP contribution in [0, 0.1) is 5.82 Å². The number of aromatic nitrogens is 3. The van der Waals surface area contributed by atoms with Crippen molar-refractivity contribution in [3.05, 3.63) is 53.2 Å². The standard InChI is InChI=1S/C17H16ClFN4/c18-12-3-5-23-17(6-12)14(10-21-23)16-8-13(19)7-15(22-16)11-2-1-4-20-9-11/h3,5-8,10-11,20H,1-2,4,9H2. The first-order valence-corrected chi connectivity index (χ1v) is 8.10. The van der Waals surface area contributed by atoms with Gasteiger partial charge in [-0.25, -0.2) is 8.91 Å². The van der Waals surface area contributed by atoms with Crippen LogP contribution in [-0.4, -0.2) is 27.7 Å². The zero-order valence-corrected chi connectivity index (χ0v) is 13.2. The number of hydrogen-bond donors (Lipinski definition) is 1. The molecule has 6 heteroatoms. The molecular formula is C17H16ClFN4. The molecule has 4 heterocycles. The molecule has 1 fully saturated rings. The summed E-state index contributed by atoms with van der Waals surface area (Å²) in [7, 11) is 0. The van der Waals surface area contributed by atoms with Crippen LogP contribution in [-0.2, 0) is 0 Å². The summed E-state index contributed by atoms with van der Waals surface area (Å²) in [6.07, 6.45) is 5.61. The molecule has 4 nitrogen and oxygen atoms in total. The maximum atomic E-state index is 14.1. The molecule has 4 rings (SSSR count). The summed E-state index contributed by atoms with van der Waals surface area (Å²) in [6, 6.07) is 6.58. The summed E-state index contributed by atoms with van der Waals surface area (Å²) in [5, 5.41) is 8.26. The molecule has 0 spiro atoms. The molecule has 1 N–H and O–H groups in total. The van der Waals surface area contributed by atoms with Crippen molar-refractivity contribution >= 4 is 17.1 Å². The van der Waals surface area contributed by atoms with E-state index in [1.807, 2.05) is 6.07 Å². The molecule has 118 valence electrons. The first-order valence-electron chi connectivity index (χ1n) is 7.72. The van der Waals surface area contributed by atoms with Gasteiger partial charge >= 0.3 is 0 Å². The highest BCUT2D eigenvalue weighted by molar-refractivity contribution is 6.31. The summed E-state index contributed by atoms with van der Waals surface area (Å²) in [6.45, 7) is 1.86. The smallest absolute Gasteiger partial charge is 0.127 e. The van der Waals surface area contributed by atoms with E-state index in [1.165, 1.54) is 6.07 Å². The Labute approximate surface area is 138 Å². The third-order valence-corrected chi connectivity index (χ3v) is 4.52. The Balaban J connectivity index is 1.81. The average Bonchev–Trinajstić information content (AvgIpc) is 2.98. The number of pyridine rings is 2. The van der Waals surface area contributed by atoms with E-state index in [0.717, 1.165) is 42.7 Å². The van der Waals surface area contributed by atoms with Crippen LogP contribution < -0.4 is 5.32 Å². The van der Waals surface area contributed by atoms with Crippen molar-refractivity contribution in [3.63, 3.8) is 0 Å². The predicted octanol–water partition coefficient (Wildman–Crippen LogP) is 3.66. The zero-order valence-electron chi connectivity index (χ0n) is 12.5. The average molecular weight is 331 g/mol. The molecule has 3 aromatic heterocycles. The lowest BCUT2D eigenvalue weighted by atomic mass is 9.95. The Morgan fingerprint density at radius 2 is 2.22 bits per heavy atom. The normalized spacial score (nSPS) is 18.4. The van der Waals surface area contributed by atoms with E-state index in [9.17, 15) is 4.39 Å². The van der Waals surface area contributed by atoms with E-state index in [-0.39, 0.29) is 11.7 Å². The lowest BCUT2D eigenvalue weighted by Crippen LogP contribution is -2.28. The summed E-state index contributed by atoms with van der Waals surface area (Å²) < 4.78 is 15.9. The van der Waals surface area contributed by atoms with E-state index in [2.05, 4.69) is 10.4 Å². The largest absolute Gasteiger partial charge is 0.316 e. The summed E-state index contributed by atoms with van der Waals surface area (Å²) in [4.78, 5) is 4.70. The van der Waals surface area contributed by atoms with Crippen molar-refractivity contribution in [2.24, 2.45) is 0 Å². The highest BCUT2D eigenvalue weighted by atomic mass is 35.5. The Morgan fingerprint density at radius 1 is 1.30 bits per heavy atom. The van der Waals surface area contributed by atoms with Gasteiger partial charge in [0, 0.05) is 41.0 Å². The number of halogens is 2. The first-order chi connectivity index (χ1) is 11.2. The van der Waals surface area contributed by atoms with Crippen molar-refractivity contribution in [1.82, 2.24) is 19.9 Å². The Hall–Kier alpha value is -1.98. The fourth-order valence-corrected chi connectivity index (χ4v) is 3.28. The molecule has 23 heavy (non-hydrogen) atoms. The van der Waals surface area contributed by atoms with Gasteiger partial charge in [-0.2, -0.15) is 5.10 Å². The van der Waals surface area contributed by atoms with Crippen LogP contribution in [0.1, 0.15) is 24.5 Å². The second-order valence-corrected chi connectivity index (χ2v) is 6.31. The van der Waals surface area contributed by atoms with Crippen LogP contribution in [0.3, 0.4) is 0 Å². The topological polar surface area (TPSA) is 42.2 Å². The lowest BCUT2D eigenvalue weighted by Gasteiger charge is -2.22. The van der Waals surface area contributed by atoms with Gasteiger partial charge in [-0.3, -0.25) is 4.98 Å². The molecular weight excluding hydrogens is 315 g/mol. The van der Waals surface area contributed by atoms with Crippen LogP contribution >= 0.6 is 11.6 Å². The van der Waals surface area contributed by atoms with Crippen molar-refractivity contribution < 1.29 is 4.39 Å². The molecule has 1 aliphatic rings. The van der Waals surface area contributed by atoms with Crippen LogP contribution in [0.25, 0.3) is 16.8 Å². The minimum Gasteiger partial charge on any atom is -0.316 e. The minimum atomic E-state index is -0.267. The summed E-state index contributed by atoms with van der Waals surface area (Å²) >= 11 is 6.08. The van der Waals surface area contributed by atoms with Crippen LogP contribution in [0.15, 0.2) is 36.7 Å². The molecule has 0 saturated carbocycles. The maximum absolute atomic E-state index is 14.1. The molecule has 0 aliphatic carbocycles. The van der Waals surface area contributed by atoms with Gasteiger partial charge in [-0.15, -0.1) is 0 Å². The predicted molar refractivity (Wildman–Crippen MR) is 88.2 cm³/mol. The fourth-order valence-electron chi connectivity index (χ4n) is 3.12. The molecule has 1 saturated heterocycles. The molecule has 1 unspecified atom stereocenters. The van der Waals surface area contributed by atoms with Gasteiger partial charge in [0.15, 0.2) is 0 Å². The molecule has 0 radical (unpaired) electrons. The van der Waals surface area contributed by atoms with Gasteiger partial charge in [-0.05, 0) is 37.6 Å². The Morgan fingerprint density at radius 3 is 3.04 bits per heavy atom. The third-order valence-electron chi connectivity index (χ3n) is 4.28. The van der Waals surface area contributed by atoms with Gasteiger partial charge in [0.1, 0.15) is 5.82 Å². The van der Waals surface area contributed by atoms with Crippen LogP contribution in [0.2, 0.25) is 5.02 Å². The number of hydrogen-bond acceptors (Lipinski definition) is 3. The van der Waals surface area contributed by atoms with Crippen molar-refractivity contribution in [2.75, 3.05) is 13.1 Å². The van der Waals surface area contributed by atoms with Crippen LogP contribution in [0.5, 0.6) is 0 Å². The SMILES string of the molecule is Fc1cc(-c2cnn3ccc(Cl)cc23)nc(C2CCCNC2)c1.